The fourth-order valence-corrected chi connectivity index (χ4v) is 2.46. The topological polar surface area (TPSA) is 42.7 Å². The molecular formula is C17H18N4. The molecule has 0 saturated heterocycles. The number of hydrogen-bond donors (Lipinski definition) is 1. The van der Waals surface area contributed by atoms with E-state index in [-0.39, 0.29) is 6.04 Å². The van der Waals surface area contributed by atoms with Gasteiger partial charge in [0.1, 0.15) is 0 Å². The van der Waals surface area contributed by atoms with Gasteiger partial charge in [-0.15, -0.1) is 0 Å². The summed E-state index contributed by atoms with van der Waals surface area (Å²) >= 11 is 0. The number of aryl methyl sites for hydroxylation is 2. The lowest BCUT2D eigenvalue weighted by atomic mass is 9.99. The number of nitrogens with zero attached hydrogens (tertiary/aromatic N) is 3. The number of nitrogens with one attached hydrogen (secondary N) is 1. The van der Waals surface area contributed by atoms with Crippen molar-refractivity contribution in [2.24, 2.45) is 7.05 Å². The minimum atomic E-state index is 0.0806. The van der Waals surface area contributed by atoms with Crippen molar-refractivity contribution in [1.82, 2.24) is 14.8 Å². The highest BCUT2D eigenvalue weighted by Crippen LogP contribution is 2.27. The van der Waals surface area contributed by atoms with Crippen LogP contribution in [0.4, 0.5) is 5.69 Å². The van der Waals surface area contributed by atoms with E-state index in [2.05, 4.69) is 39.7 Å². The molecule has 0 fully saturated rings. The maximum Gasteiger partial charge on any atom is 0.0825 e. The molecule has 0 bridgehead atoms. The van der Waals surface area contributed by atoms with Gasteiger partial charge in [0.2, 0.25) is 0 Å². The lowest BCUT2D eigenvalue weighted by molar-refractivity contribution is 0.756. The molecule has 0 saturated carbocycles. The molecular weight excluding hydrogens is 260 g/mol. The first-order valence-corrected chi connectivity index (χ1v) is 6.95. The lowest BCUT2D eigenvalue weighted by Crippen LogP contribution is -2.12. The van der Waals surface area contributed by atoms with Crippen molar-refractivity contribution in [1.29, 1.82) is 0 Å². The van der Waals surface area contributed by atoms with Gasteiger partial charge in [-0.2, -0.15) is 5.10 Å². The zero-order valence-electron chi connectivity index (χ0n) is 12.2. The second-order valence-electron chi connectivity index (χ2n) is 5.07. The molecule has 0 aliphatic heterocycles. The van der Waals surface area contributed by atoms with Gasteiger partial charge in [0.25, 0.3) is 0 Å². The summed E-state index contributed by atoms with van der Waals surface area (Å²) in [5.74, 6) is 0. The van der Waals surface area contributed by atoms with E-state index in [1.54, 1.807) is 0 Å². The second-order valence-corrected chi connectivity index (χ2v) is 5.07. The third kappa shape index (κ3) is 2.94. The van der Waals surface area contributed by atoms with Gasteiger partial charge in [0, 0.05) is 25.6 Å². The summed E-state index contributed by atoms with van der Waals surface area (Å²) in [6, 6.07) is 14.6. The summed E-state index contributed by atoms with van der Waals surface area (Å²) in [7, 11) is 1.93. The van der Waals surface area contributed by atoms with Gasteiger partial charge in [0.05, 0.1) is 17.4 Å². The van der Waals surface area contributed by atoms with Crippen LogP contribution in [-0.2, 0) is 7.05 Å². The van der Waals surface area contributed by atoms with Gasteiger partial charge in [-0.1, -0.05) is 30.3 Å². The number of hydrogen-bond acceptors (Lipinski definition) is 3. The highest BCUT2D eigenvalue weighted by Gasteiger charge is 2.15. The van der Waals surface area contributed by atoms with Crippen molar-refractivity contribution < 1.29 is 0 Å². The lowest BCUT2D eigenvalue weighted by Gasteiger charge is -2.20. The van der Waals surface area contributed by atoms with E-state index in [0.29, 0.717) is 0 Å². The molecule has 0 aliphatic rings. The van der Waals surface area contributed by atoms with Gasteiger partial charge in [0.15, 0.2) is 0 Å². The molecule has 106 valence electrons. The molecule has 2 aromatic heterocycles. The van der Waals surface area contributed by atoms with Gasteiger partial charge in [-0.3, -0.25) is 9.67 Å². The first kappa shape index (κ1) is 13.4. The Kier molecular flexibility index (Phi) is 3.69. The summed E-state index contributed by atoms with van der Waals surface area (Å²) in [4.78, 5) is 4.11. The molecule has 3 aromatic rings. The number of aromatic nitrogens is 3. The van der Waals surface area contributed by atoms with E-state index in [9.17, 15) is 0 Å². The number of rotatable bonds is 4. The molecule has 1 N–H and O–H groups in total. The largest absolute Gasteiger partial charge is 0.371 e. The van der Waals surface area contributed by atoms with Crippen molar-refractivity contribution in [3.05, 3.63) is 77.9 Å². The Morgan fingerprint density at radius 1 is 1.00 bits per heavy atom. The zero-order chi connectivity index (χ0) is 14.7. The van der Waals surface area contributed by atoms with Gasteiger partial charge >= 0.3 is 0 Å². The predicted octanol–water partition coefficient (Wildman–Crippen LogP) is 3.33. The van der Waals surface area contributed by atoms with Crippen LogP contribution < -0.4 is 5.32 Å². The fourth-order valence-electron chi connectivity index (χ4n) is 2.46. The summed E-state index contributed by atoms with van der Waals surface area (Å²) in [6.45, 7) is 2.01. The fraction of sp³-hybridized carbons (Fsp3) is 0.176. The molecule has 0 radical (unpaired) electrons. The van der Waals surface area contributed by atoms with Gasteiger partial charge in [-0.25, -0.2) is 0 Å². The summed E-state index contributed by atoms with van der Waals surface area (Å²) in [5.41, 5.74) is 4.43. The molecule has 0 aliphatic carbocycles. The summed E-state index contributed by atoms with van der Waals surface area (Å²) in [6.07, 6.45) is 5.65. The van der Waals surface area contributed by atoms with Crippen molar-refractivity contribution in [2.45, 2.75) is 13.0 Å². The molecule has 1 atom stereocenters. The average Bonchev–Trinajstić information content (AvgIpc) is 2.84. The molecule has 21 heavy (non-hydrogen) atoms. The molecule has 0 amide bonds. The molecule has 1 aromatic carbocycles. The highest BCUT2D eigenvalue weighted by atomic mass is 15.3. The Balaban J connectivity index is 1.99. The smallest absolute Gasteiger partial charge is 0.0825 e. The maximum atomic E-state index is 4.39. The van der Waals surface area contributed by atoms with Crippen LogP contribution in [0.15, 0.2) is 61.1 Å². The minimum absolute atomic E-state index is 0.0806. The van der Waals surface area contributed by atoms with Crippen LogP contribution in [0.3, 0.4) is 0 Å². The summed E-state index contributed by atoms with van der Waals surface area (Å²) < 4.78 is 1.83. The monoisotopic (exact) mass is 278 g/mol. The third-order valence-electron chi connectivity index (χ3n) is 3.49. The number of anilines is 1. The Hall–Kier alpha value is -2.62. The van der Waals surface area contributed by atoms with E-state index in [1.165, 1.54) is 11.1 Å². The Morgan fingerprint density at radius 3 is 2.29 bits per heavy atom. The van der Waals surface area contributed by atoms with E-state index < -0.39 is 0 Å². The highest BCUT2D eigenvalue weighted by molar-refractivity contribution is 5.50. The van der Waals surface area contributed by atoms with Crippen LogP contribution in [0.25, 0.3) is 0 Å². The first-order valence-electron chi connectivity index (χ1n) is 6.95. The first-order chi connectivity index (χ1) is 10.2. The standard InChI is InChI=1S/C17H18N4/c1-13-16(12-21(2)20-13)19-17(14-6-4-3-5-7-14)15-8-10-18-11-9-15/h3-12,17,19H,1-2H3. The third-order valence-corrected chi connectivity index (χ3v) is 3.49. The molecule has 0 spiro atoms. The Morgan fingerprint density at radius 2 is 1.67 bits per heavy atom. The van der Waals surface area contributed by atoms with Crippen LogP contribution in [0.2, 0.25) is 0 Å². The van der Waals surface area contributed by atoms with Crippen molar-refractivity contribution in [2.75, 3.05) is 5.32 Å². The van der Waals surface area contributed by atoms with Crippen molar-refractivity contribution >= 4 is 5.69 Å². The van der Waals surface area contributed by atoms with Crippen LogP contribution in [0, 0.1) is 6.92 Å². The molecule has 4 heteroatoms. The van der Waals surface area contributed by atoms with Crippen molar-refractivity contribution in [3.63, 3.8) is 0 Å². The van der Waals surface area contributed by atoms with Crippen LogP contribution in [-0.4, -0.2) is 14.8 Å². The number of benzene rings is 1. The van der Waals surface area contributed by atoms with E-state index in [1.807, 2.05) is 55.4 Å². The Labute approximate surface area is 124 Å². The molecule has 4 nitrogen and oxygen atoms in total. The quantitative estimate of drug-likeness (QED) is 0.796. The van der Waals surface area contributed by atoms with E-state index in [4.69, 9.17) is 0 Å². The molecule has 3 rings (SSSR count). The van der Waals surface area contributed by atoms with Crippen molar-refractivity contribution in [3.8, 4) is 0 Å². The van der Waals surface area contributed by atoms with E-state index in [0.717, 1.165) is 11.4 Å². The SMILES string of the molecule is Cc1nn(C)cc1NC(c1ccccc1)c1ccncc1. The van der Waals surface area contributed by atoms with Crippen LogP contribution >= 0.6 is 0 Å². The van der Waals surface area contributed by atoms with Gasteiger partial charge < -0.3 is 5.32 Å². The number of pyridine rings is 1. The summed E-state index contributed by atoms with van der Waals surface area (Å²) in [5, 5.41) is 7.98. The normalized spacial score (nSPS) is 12.1. The average molecular weight is 278 g/mol. The van der Waals surface area contributed by atoms with Crippen LogP contribution in [0.1, 0.15) is 22.9 Å². The molecule has 1 unspecified atom stereocenters. The van der Waals surface area contributed by atoms with Gasteiger partial charge in [-0.05, 0) is 30.2 Å². The van der Waals surface area contributed by atoms with E-state index >= 15 is 0 Å². The Bertz CT molecular complexity index is 665. The zero-order valence-corrected chi connectivity index (χ0v) is 12.2. The predicted molar refractivity (Wildman–Crippen MR) is 84.1 cm³/mol. The minimum Gasteiger partial charge on any atom is -0.371 e. The second kappa shape index (κ2) is 5.79. The maximum absolute atomic E-state index is 4.39. The molecule has 2 heterocycles. The van der Waals surface area contributed by atoms with Crippen LogP contribution in [0.5, 0.6) is 0 Å².